The maximum absolute atomic E-state index is 13.5. The Balaban J connectivity index is 0.00000176. The minimum absolute atomic E-state index is 0. The van der Waals surface area contributed by atoms with Crippen molar-refractivity contribution >= 4 is 0 Å². The Labute approximate surface area is 130 Å². The third kappa shape index (κ3) is 3.99. The number of halogens is 1. The molecule has 1 heterocycles. The molecule has 3 heteroatoms. The van der Waals surface area contributed by atoms with Gasteiger partial charge < -0.3 is 6.15 Å². The quantitative estimate of drug-likeness (QED) is 0.717. The van der Waals surface area contributed by atoms with E-state index in [1.54, 1.807) is 0 Å². The topological polar surface area (TPSA) is 47.9 Å². The van der Waals surface area contributed by atoms with E-state index < -0.39 is 5.95 Å². The molecule has 2 aromatic carbocycles. The first kappa shape index (κ1) is 15.9. The second-order valence-corrected chi connectivity index (χ2v) is 5.06. The molecule has 0 bridgehead atoms. The van der Waals surface area contributed by atoms with Crippen molar-refractivity contribution in [3.63, 3.8) is 0 Å². The second kappa shape index (κ2) is 7.48. The zero-order valence-corrected chi connectivity index (χ0v) is 12.4. The van der Waals surface area contributed by atoms with Crippen LogP contribution < -0.4 is 6.15 Å². The second-order valence-electron chi connectivity index (χ2n) is 5.06. The van der Waals surface area contributed by atoms with Gasteiger partial charge in [0.2, 0.25) is 5.95 Å². The van der Waals surface area contributed by atoms with Gasteiger partial charge in [-0.3, -0.25) is 0 Å². The zero-order chi connectivity index (χ0) is 14.5. The average Bonchev–Trinajstić information content (AvgIpc) is 2.52. The lowest BCUT2D eigenvalue weighted by atomic mass is 9.99. The Morgan fingerprint density at radius 3 is 1.82 bits per heavy atom. The highest BCUT2D eigenvalue weighted by atomic mass is 19.1. The van der Waals surface area contributed by atoms with Gasteiger partial charge in [0.15, 0.2) is 0 Å². The van der Waals surface area contributed by atoms with Gasteiger partial charge in [-0.2, -0.15) is 4.39 Å². The van der Waals surface area contributed by atoms with Crippen LogP contribution in [0.2, 0.25) is 0 Å². The Morgan fingerprint density at radius 2 is 1.23 bits per heavy atom. The molecular formula is C19H19FN2. The summed E-state index contributed by atoms with van der Waals surface area (Å²) in [5.41, 5.74) is 4.24. The fourth-order valence-corrected chi connectivity index (χ4v) is 2.42. The van der Waals surface area contributed by atoms with E-state index in [0.29, 0.717) is 6.42 Å². The maximum atomic E-state index is 13.5. The third-order valence-electron chi connectivity index (χ3n) is 3.49. The summed E-state index contributed by atoms with van der Waals surface area (Å²) in [6, 6.07) is 23.5. The molecule has 112 valence electrons. The van der Waals surface area contributed by atoms with E-state index >= 15 is 0 Å². The van der Waals surface area contributed by atoms with Crippen molar-refractivity contribution in [2.75, 3.05) is 0 Å². The fraction of sp³-hybridized carbons (Fsp3) is 0.105. The molecule has 0 radical (unpaired) electrons. The van der Waals surface area contributed by atoms with Crippen LogP contribution in [0, 0.1) is 5.95 Å². The molecule has 3 rings (SSSR count). The molecule has 0 spiro atoms. The summed E-state index contributed by atoms with van der Waals surface area (Å²) in [7, 11) is 0. The molecule has 0 fully saturated rings. The first-order chi connectivity index (χ1) is 10.3. The van der Waals surface area contributed by atoms with Crippen LogP contribution in [0.3, 0.4) is 0 Å². The molecule has 0 aliphatic rings. The minimum atomic E-state index is -0.419. The Hall–Kier alpha value is -2.52. The molecule has 0 aliphatic carbocycles. The Bertz CT molecular complexity index is 712. The van der Waals surface area contributed by atoms with Crippen molar-refractivity contribution in [2.24, 2.45) is 0 Å². The SMILES string of the molecule is Fc1ccc(Cc2ccccc2)c(Cc2ccccc2)n1.N. The van der Waals surface area contributed by atoms with E-state index in [2.05, 4.69) is 17.1 Å². The van der Waals surface area contributed by atoms with Crippen molar-refractivity contribution in [3.8, 4) is 0 Å². The van der Waals surface area contributed by atoms with Crippen molar-refractivity contribution in [2.45, 2.75) is 12.8 Å². The highest BCUT2D eigenvalue weighted by molar-refractivity contribution is 5.32. The van der Waals surface area contributed by atoms with Crippen LogP contribution in [-0.4, -0.2) is 4.98 Å². The van der Waals surface area contributed by atoms with E-state index in [1.165, 1.54) is 11.6 Å². The van der Waals surface area contributed by atoms with Gasteiger partial charge >= 0.3 is 0 Å². The Kier molecular flexibility index (Phi) is 5.39. The highest BCUT2D eigenvalue weighted by Crippen LogP contribution is 2.17. The summed E-state index contributed by atoms with van der Waals surface area (Å²) in [6.07, 6.45) is 1.43. The number of nitrogens with zero attached hydrogens (tertiary/aromatic N) is 1. The zero-order valence-electron chi connectivity index (χ0n) is 12.4. The van der Waals surface area contributed by atoms with Crippen molar-refractivity contribution in [3.05, 3.63) is 101 Å². The largest absolute Gasteiger partial charge is 0.344 e. The minimum Gasteiger partial charge on any atom is -0.344 e. The summed E-state index contributed by atoms with van der Waals surface area (Å²) in [6.45, 7) is 0. The molecule has 3 aromatic rings. The number of rotatable bonds is 4. The first-order valence-corrected chi connectivity index (χ1v) is 7.03. The van der Waals surface area contributed by atoms with Crippen LogP contribution in [0.25, 0.3) is 0 Å². The van der Waals surface area contributed by atoms with Crippen LogP contribution in [0.1, 0.15) is 22.4 Å². The van der Waals surface area contributed by atoms with Gasteiger partial charge in [0.25, 0.3) is 0 Å². The molecule has 0 amide bonds. The van der Waals surface area contributed by atoms with Crippen molar-refractivity contribution in [1.82, 2.24) is 11.1 Å². The molecule has 3 N–H and O–H groups in total. The molecule has 0 aliphatic heterocycles. The van der Waals surface area contributed by atoms with E-state index in [-0.39, 0.29) is 6.15 Å². The lowest BCUT2D eigenvalue weighted by Crippen LogP contribution is -2.02. The third-order valence-corrected chi connectivity index (χ3v) is 3.49. The molecule has 0 saturated carbocycles. The molecule has 1 aromatic heterocycles. The van der Waals surface area contributed by atoms with E-state index in [1.807, 2.05) is 54.6 Å². The summed E-state index contributed by atoms with van der Waals surface area (Å²) in [4.78, 5) is 4.10. The number of pyridine rings is 1. The standard InChI is InChI=1S/C19H16FN.H3N/c20-19-12-11-17(13-15-7-3-1-4-8-15)18(21-19)14-16-9-5-2-6-10-16;/h1-12H,13-14H2;1H3. The summed E-state index contributed by atoms with van der Waals surface area (Å²) in [5.74, 6) is -0.419. The lowest BCUT2D eigenvalue weighted by Gasteiger charge is -2.09. The van der Waals surface area contributed by atoms with Gasteiger partial charge in [0, 0.05) is 6.42 Å². The molecular weight excluding hydrogens is 275 g/mol. The molecule has 0 saturated heterocycles. The maximum Gasteiger partial charge on any atom is 0.213 e. The monoisotopic (exact) mass is 294 g/mol. The van der Waals surface area contributed by atoms with Gasteiger partial charge in [0.1, 0.15) is 0 Å². The molecule has 0 unspecified atom stereocenters. The molecule has 0 atom stereocenters. The van der Waals surface area contributed by atoms with Crippen LogP contribution in [0.15, 0.2) is 72.8 Å². The van der Waals surface area contributed by atoms with Gasteiger partial charge in [-0.1, -0.05) is 66.7 Å². The van der Waals surface area contributed by atoms with E-state index in [4.69, 9.17) is 0 Å². The number of benzene rings is 2. The number of hydrogen-bond acceptors (Lipinski definition) is 2. The smallest absolute Gasteiger partial charge is 0.213 e. The van der Waals surface area contributed by atoms with E-state index in [0.717, 1.165) is 23.2 Å². The fourth-order valence-electron chi connectivity index (χ4n) is 2.42. The predicted octanol–water partition coefficient (Wildman–Crippen LogP) is 4.56. The predicted molar refractivity (Wildman–Crippen MR) is 87.7 cm³/mol. The number of hydrogen-bond donors (Lipinski definition) is 1. The van der Waals surface area contributed by atoms with Crippen molar-refractivity contribution in [1.29, 1.82) is 0 Å². The summed E-state index contributed by atoms with van der Waals surface area (Å²) >= 11 is 0. The average molecular weight is 294 g/mol. The van der Waals surface area contributed by atoms with Gasteiger partial charge in [-0.25, -0.2) is 4.98 Å². The normalized spacial score (nSPS) is 10.0. The molecule has 22 heavy (non-hydrogen) atoms. The molecule has 2 nitrogen and oxygen atoms in total. The Morgan fingerprint density at radius 1 is 0.682 bits per heavy atom. The summed E-state index contributed by atoms with van der Waals surface area (Å²) < 4.78 is 13.5. The van der Waals surface area contributed by atoms with Crippen molar-refractivity contribution < 1.29 is 4.39 Å². The van der Waals surface area contributed by atoms with Gasteiger partial charge in [-0.05, 0) is 29.2 Å². The summed E-state index contributed by atoms with van der Waals surface area (Å²) in [5, 5.41) is 0. The first-order valence-electron chi connectivity index (χ1n) is 7.03. The number of aromatic nitrogens is 1. The van der Waals surface area contributed by atoms with Crippen LogP contribution >= 0.6 is 0 Å². The lowest BCUT2D eigenvalue weighted by molar-refractivity contribution is 0.576. The van der Waals surface area contributed by atoms with E-state index in [9.17, 15) is 4.39 Å². The van der Waals surface area contributed by atoms with Crippen LogP contribution in [-0.2, 0) is 12.8 Å². The highest BCUT2D eigenvalue weighted by Gasteiger charge is 2.08. The van der Waals surface area contributed by atoms with Crippen LogP contribution in [0.4, 0.5) is 4.39 Å². The van der Waals surface area contributed by atoms with Crippen LogP contribution in [0.5, 0.6) is 0 Å². The van der Waals surface area contributed by atoms with Gasteiger partial charge in [-0.15, -0.1) is 0 Å². The van der Waals surface area contributed by atoms with Gasteiger partial charge in [0.05, 0.1) is 5.69 Å².